The molecule has 0 atom stereocenters. The van der Waals surface area contributed by atoms with Crippen molar-refractivity contribution in [3.05, 3.63) is 41.0 Å². The van der Waals surface area contributed by atoms with Gasteiger partial charge in [-0.25, -0.2) is 0 Å². The quantitative estimate of drug-likeness (QED) is 0.640. The smallest absolute Gasteiger partial charge is 0.262 e. The van der Waals surface area contributed by atoms with E-state index in [1.807, 2.05) is 58.0 Å². The Morgan fingerprint density at radius 1 is 1.28 bits per heavy atom. The van der Waals surface area contributed by atoms with Gasteiger partial charge >= 0.3 is 0 Å². The maximum absolute atomic E-state index is 11.9. The predicted molar refractivity (Wildman–Crippen MR) is 72.7 cm³/mol. The molecule has 0 saturated carbocycles. The molecule has 1 aromatic carbocycles. The number of carbonyl (C=O) groups is 1. The van der Waals surface area contributed by atoms with E-state index in [2.05, 4.69) is 5.32 Å². The Morgan fingerprint density at radius 2 is 1.83 bits per heavy atom. The minimum absolute atomic E-state index is 0.119. The third kappa shape index (κ3) is 4.42. The lowest BCUT2D eigenvalue weighted by Crippen LogP contribution is -2.41. The lowest BCUT2D eigenvalue weighted by atomic mass is 10.1. The predicted octanol–water partition coefficient (Wildman–Crippen LogP) is 2.82. The molecule has 1 rings (SSSR count). The van der Waals surface area contributed by atoms with Gasteiger partial charge in [0, 0.05) is 5.54 Å². The van der Waals surface area contributed by atoms with Gasteiger partial charge in [0.05, 0.1) is 0 Å². The van der Waals surface area contributed by atoms with Gasteiger partial charge in [0.1, 0.15) is 11.6 Å². The van der Waals surface area contributed by atoms with E-state index < -0.39 is 0 Å². The summed E-state index contributed by atoms with van der Waals surface area (Å²) in [5, 5.41) is 11.8. The molecule has 94 valence electrons. The number of hydrogen-bond donors (Lipinski definition) is 1. The van der Waals surface area contributed by atoms with Gasteiger partial charge in [0.15, 0.2) is 0 Å². The number of amides is 1. The molecule has 0 bridgehead atoms. The molecule has 3 nitrogen and oxygen atoms in total. The fraction of sp³-hybridized carbons (Fsp3) is 0.333. The van der Waals surface area contributed by atoms with Gasteiger partial charge in [-0.3, -0.25) is 4.79 Å². The van der Waals surface area contributed by atoms with Crippen LogP contribution < -0.4 is 5.32 Å². The lowest BCUT2D eigenvalue weighted by molar-refractivity contribution is -0.118. The van der Waals surface area contributed by atoms with E-state index in [1.54, 1.807) is 6.08 Å². The Hall–Kier alpha value is -2.08. The minimum atomic E-state index is -0.347. The zero-order chi connectivity index (χ0) is 13.8. The molecule has 0 spiro atoms. The van der Waals surface area contributed by atoms with Crippen LogP contribution in [0.25, 0.3) is 6.08 Å². The highest BCUT2D eigenvalue weighted by atomic mass is 16.1. The van der Waals surface area contributed by atoms with Gasteiger partial charge in [-0.05, 0) is 39.3 Å². The second kappa shape index (κ2) is 5.50. The fourth-order valence-corrected chi connectivity index (χ4v) is 1.39. The largest absolute Gasteiger partial charge is 0.347 e. The zero-order valence-corrected chi connectivity index (χ0v) is 11.2. The fourth-order valence-electron chi connectivity index (χ4n) is 1.39. The first-order valence-electron chi connectivity index (χ1n) is 5.83. The van der Waals surface area contributed by atoms with Crippen LogP contribution in [0.3, 0.4) is 0 Å². The number of rotatable bonds is 2. The summed E-state index contributed by atoms with van der Waals surface area (Å²) in [5.41, 5.74) is 1.76. The van der Waals surface area contributed by atoms with E-state index >= 15 is 0 Å². The molecule has 0 aliphatic rings. The maximum Gasteiger partial charge on any atom is 0.262 e. The van der Waals surface area contributed by atoms with Crippen molar-refractivity contribution in [1.82, 2.24) is 5.32 Å². The topological polar surface area (TPSA) is 52.9 Å². The van der Waals surface area contributed by atoms with Crippen LogP contribution in [0, 0.1) is 18.3 Å². The van der Waals surface area contributed by atoms with Crippen molar-refractivity contribution < 1.29 is 4.79 Å². The molecule has 1 N–H and O–H groups in total. The van der Waals surface area contributed by atoms with E-state index in [9.17, 15) is 4.79 Å². The van der Waals surface area contributed by atoms with Gasteiger partial charge in [0.2, 0.25) is 0 Å². The van der Waals surface area contributed by atoms with Crippen LogP contribution in [0.2, 0.25) is 0 Å². The number of carbonyl (C=O) groups excluding carboxylic acids is 1. The van der Waals surface area contributed by atoms with E-state index in [4.69, 9.17) is 5.26 Å². The van der Waals surface area contributed by atoms with E-state index in [0.29, 0.717) is 0 Å². The van der Waals surface area contributed by atoms with Crippen LogP contribution in [0.5, 0.6) is 0 Å². The average Bonchev–Trinajstić information content (AvgIpc) is 2.25. The second-order valence-electron chi connectivity index (χ2n) is 5.28. The Bertz CT molecular complexity index is 499. The van der Waals surface area contributed by atoms with Crippen LogP contribution >= 0.6 is 0 Å². The zero-order valence-electron chi connectivity index (χ0n) is 11.2. The normalized spacial score (nSPS) is 11.8. The van der Waals surface area contributed by atoms with Gasteiger partial charge in [-0.2, -0.15) is 5.26 Å². The molecule has 0 aromatic heterocycles. The van der Waals surface area contributed by atoms with Crippen molar-refractivity contribution in [2.45, 2.75) is 33.2 Å². The average molecular weight is 242 g/mol. The summed E-state index contributed by atoms with van der Waals surface area (Å²) >= 11 is 0. The molecule has 1 aromatic rings. The molecule has 0 radical (unpaired) electrons. The first kappa shape index (κ1) is 14.0. The molecular weight excluding hydrogens is 224 g/mol. The van der Waals surface area contributed by atoms with E-state index in [-0.39, 0.29) is 17.0 Å². The second-order valence-corrected chi connectivity index (χ2v) is 5.28. The monoisotopic (exact) mass is 242 g/mol. The van der Waals surface area contributed by atoms with Crippen molar-refractivity contribution in [1.29, 1.82) is 5.26 Å². The molecule has 3 heteroatoms. The van der Waals surface area contributed by atoms with Gasteiger partial charge in [0.25, 0.3) is 5.91 Å². The number of nitriles is 1. The first-order valence-corrected chi connectivity index (χ1v) is 5.83. The Morgan fingerprint density at radius 3 is 2.28 bits per heavy atom. The standard InChI is InChI=1S/C15H18N2O/c1-11-5-7-12(8-6-11)9-13(10-16)14(18)17-15(2,3)4/h5-9H,1-4H3,(H,17,18)/b13-9+. The molecule has 0 unspecified atom stereocenters. The maximum atomic E-state index is 11.9. The molecule has 18 heavy (non-hydrogen) atoms. The van der Waals surface area contributed by atoms with Crippen LogP contribution in [-0.4, -0.2) is 11.4 Å². The Kier molecular flexibility index (Phi) is 4.28. The number of hydrogen-bond acceptors (Lipinski definition) is 2. The molecular formula is C15H18N2O. The van der Waals surface area contributed by atoms with Gasteiger partial charge in [-0.1, -0.05) is 29.8 Å². The number of nitrogens with zero attached hydrogens (tertiary/aromatic N) is 1. The molecule has 0 heterocycles. The molecule has 0 aliphatic heterocycles. The summed E-state index contributed by atoms with van der Waals surface area (Å²) in [6, 6.07) is 9.60. The van der Waals surface area contributed by atoms with Gasteiger partial charge < -0.3 is 5.32 Å². The lowest BCUT2D eigenvalue weighted by Gasteiger charge is -2.20. The van der Waals surface area contributed by atoms with E-state index in [1.165, 1.54) is 0 Å². The SMILES string of the molecule is Cc1ccc(/C=C(\C#N)C(=O)NC(C)(C)C)cc1. The molecule has 0 fully saturated rings. The molecule has 0 aliphatic carbocycles. The Balaban J connectivity index is 2.94. The summed E-state index contributed by atoms with van der Waals surface area (Å²) in [7, 11) is 0. The third-order valence-electron chi connectivity index (χ3n) is 2.24. The third-order valence-corrected chi connectivity index (χ3v) is 2.24. The van der Waals surface area contributed by atoms with Crippen LogP contribution in [0.1, 0.15) is 31.9 Å². The summed E-state index contributed by atoms with van der Waals surface area (Å²) < 4.78 is 0. The molecule has 0 saturated heterocycles. The van der Waals surface area contributed by atoms with Crippen molar-refractivity contribution in [2.75, 3.05) is 0 Å². The highest BCUT2D eigenvalue weighted by Gasteiger charge is 2.16. The summed E-state index contributed by atoms with van der Waals surface area (Å²) in [6.45, 7) is 7.63. The summed E-state index contributed by atoms with van der Waals surface area (Å²) in [4.78, 5) is 11.9. The first-order chi connectivity index (χ1) is 8.31. The van der Waals surface area contributed by atoms with Crippen molar-refractivity contribution in [3.63, 3.8) is 0 Å². The van der Waals surface area contributed by atoms with Gasteiger partial charge in [-0.15, -0.1) is 0 Å². The Labute approximate surface area is 108 Å². The highest BCUT2D eigenvalue weighted by molar-refractivity contribution is 6.02. The van der Waals surface area contributed by atoms with Crippen LogP contribution in [-0.2, 0) is 4.79 Å². The van der Waals surface area contributed by atoms with Crippen molar-refractivity contribution in [3.8, 4) is 6.07 Å². The van der Waals surface area contributed by atoms with Crippen LogP contribution in [0.15, 0.2) is 29.8 Å². The van der Waals surface area contributed by atoms with Crippen molar-refractivity contribution >= 4 is 12.0 Å². The number of nitrogens with one attached hydrogen (secondary N) is 1. The highest BCUT2D eigenvalue weighted by Crippen LogP contribution is 2.10. The van der Waals surface area contributed by atoms with Crippen molar-refractivity contribution in [2.24, 2.45) is 0 Å². The summed E-state index contributed by atoms with van der Waals surface area (Å²) in [5.74, 6) is -0.342. The van der Waals surface area contributed by atoms with Crippen LogP contribution in [0.4, 0.5) is 0 Å². The number of benzene rings is 1. The van der Waals surface area contributed by atoms with E-state index in [0.717, 1.165) is 11.1 Å². The minimum Gasteiger partial charge on any atom is -0.347 e. The summed E-state index contributed by atoms with van der Waals surface area (Å²) in [6.07, 6.45) is 1.60. The number of aryl methyl sites for hydroxylation is 1. The molecule has 1 amide bonds.